The highest BCUT2D eigenvalue weighted by Gasteiger charge is 2.20. The van der Waals surface area contributed by atoms with E-state index in [0.717, 1.165) is 12.1 Å². The van der Waals surface area contributed by atoms with Gasteiger partial charge in [0.25, 0.3) is 0 Å². The maximum Gasteiger partial charge on any atom is 0.214 e. The lowest BCUT2D eigenvalue weighted by Gasteiger charge is -2.20. The van der Waals surface area contributed by atoms with Gasteiger partial charge < -0.3 is 5.11 Å². The molecule has 1 aromatic rings. The summed E-state index contributed by atoms with van der Waals surface area (Å²) in [6, 6.07) is 5.45. The van der Waals surface area contributed by atoms with E-state index in [1.165, 1.54) is 4.31 Å². The lowest BCUT2D eigenvalue weighted by atomic mass is 10.3. The van der Waals surface area contributed by atoms with E-state index < -0.39 is 10.0 Å². The number of nitrogens with zero attached hydrogens (tertiary/aromatic N) is 2. The smallest absolute Gasteiger partial charge is 0.214 e. The molecule has 0 atom stereocenters. The summed E-state index contributed by atoms with van der Waals surface area (Å²) >= 11 is 0. The van der Waals surface area contributed by atoms with E-state index in [1.807, 2.05) is 19.1 Å². The second-order valence-corrected chi connectivity index (χ2v) is 6.10. The van der Waals surface area contributed by atoms with Crippen LogP contribution in [0, 0.1) is 0 Å². The van der Waals surface area contributed by atoms with Crippen molar-refractivity contribution in [1.29, 1.82) is 0 Å². The van der Waals surface area contributed by atoms with Gasteiger partial charge in [0.1, 0.15) is 0 Å². The Hall–Kier alpha value is -0.980. The van der Waals surface area contributed by atoms with Gasteiger partial charge in [0.15, 0.2) is 0 Å². The van der Waals surface area contributed by atoms with Gasteiger partial charge in [0, 0.05) is 31.4 Å². The third kappa shape index (κ3) is 4.72. The van der Waals surface area contributed by atoms with Crippen LogP contribution in [0.15, 0.2) is 24.4 Å². The minimum atomic E-state index is -3.31. The molecule has 0 aromatic carbocycles. The largest absolute Gasteiger partial charge is 0.395 e. The minimum absolute atomic E-state index is 0.0318. The number of aromatic nitrogens is 1. The molecule has 1 N–H and O–H groups in total. The van der Waals surface area contributed by atoms with Gasteiger partial charge in [0.2, 0.25) is 10.0 Å². The number of aliphatic hydroxyl groups is 1. The zero-order valence-corrected chi connectivity index (χ0v) is 11.4. The predicted octanol–water partition coefficient (Wildman–Crippen LogP) is 0.658. The Morgan fingerprint density at radius 1 is 1.33 bits per heavy atom. The van der Waals surface area contributed by atoms with Crippen LogP contribution < -0.4 is 0 Å². The summed E-state index contributed by atoms with van der Waals surface area (Å²) in [6.07, 6.45) is 2.79. The Morgan fingerprint density at radius 2 is 2.11 bits per heavy atom. The number of rotatable bonds is 8. The van der Waals surface area contributed by atoms with Crippen molar-refractivity contribution in [2.45, 2.75) is 19.8 Å². The van der Waals surface area contributed by atoms with Crippen LogP contribution in [-0.2, 0) is 16.4 Å². The molecular weight excluding hydrogens is 252 g/mol. The zero-order valence-electron chi connectivity index (χ0n) is 10.6. The average Bonchev–Trinajstić information content (AvgIpc) is 2.37. The van der Waals surface area contributed by atoms with Crippen LogP contribution in [0.5, 0.6) is 0 Å². The highest BCUT2D eigenvalue weighted by Crippen LogP contribution is 2.06. The van der Waals surface area contributed by atoms with E-state index in [2.05, 4.69) is 4.98 Å². The fourth-order valence-corrected chi connectivity index (χ4v) is 3.21. The Bertz CT molecular complexity index is 428. The monoisotopic (exact) mass is 272 g/mol. The number of hydrogen-bond donors (Lipinski definition) is 1. The van der Waals surface area contributed by atoms with E-state index in [4.69, 9.17) is 5.11 Å². The van der Waals surface area contributed by atoms with Crippen molar-refractivity contribution in [3.05, 3.63) is 30.1 Å². The summed E-state index contributed by atoms with van der Waals surface area (Å²) in [7, 11) is -3.31. The Labute approximate surface area is 109 Å². The molecule has 0 saturated carbocycles. The molecule has 0 aliphatic heterocycles. The molecular formula is C12H20N2O3S. The van der Waals surface area contributed by atoms with E-state index in [0.29, 0.717) is 13.0 Å². The molecule has 0 aliphatic carbocycles. The first kappa shape index (κ1) is 15.1. The zero-order chi connectivity index (χ0) is 13.4. The molecule has 0 fully saturated rings. The molecule has 0 bridgehead atoms. The third-order valence-corrected chi connectivity index (χ3v) is 4.43. The summed E-state index contributed by atoms with van der Waals surface area (Å²) < 4.78 is 25.5. The highest BCUT2D eigenvalue weighted by molar-refractivity contribution is 7.89. The van der Waals surface area contributed by atoms with Crippen LogP contribution in [-0.4, -0.2) is 48.3 Å². The highest BCUT2D eigenvalue weighted by atomic mass is 32.2. The summed E-state index contributed by atoms with van der Waals surface area (Å²) in [5, 5.41) is 8.89. The van der Waals surface area contributed by atoms with E-state index in [1.54, 1.807) is 12.3 Å². The molecule has 1 rings (SSSR count). The summed E-state index contributed by atoms with van der Waals surface area (Å²) in [4.78, 5) is 4.10. The summed E-state index contributed by atoms with van der Waals surface area (Å²) in [5.41, 5.74) is 0.765. The molecule has 0 saturated heterocycles. The van der Waals surface area contributed by atoms with Gasteiger partial charge in [0.05, 0.1) is 12.4 Å². The van der Waals surface area contributed by atoms with Gasteiger partial charge in [-0.3, -0.25) is 4.98 Å². The number of aliphatic hydroxyl groups excluding tert-OH is 1. The Balaban J connectivity index is 2.62. The molecule has 1 heterocycles. The lowest BCUT2D eigenvalue weighted by Crippen LogP contribution is -2.36. The molecule has 102 valence electrons. The maximum atomic E-state index is 12.1. The number of pyridine rings is 1. The Morgan fingerprint density at radius 3 is 2.67 bits per heavy atom. The number of hydrogen-bond acceptors (Lipinski definition) is 4. The van der Waals surface area contributed by atoms with Crippen LogP contribution in [0.3, 0.4) is 0 Å². The molecule has 5 nitrogen and oxygen atoms in total. The first-order chi connectivity index (χ1) is 8.60. The molecule has 0 aliphatic rings. The second-order valence-electron chi connectivity index (χ2n) is 4.01. The Kier molecular flexibility index (Phi) is 6.24. The molecule has 6 heteroatoms. The molecule has 0 spiro atoms. The summed E-state index contributed by atoms with van der Waals surface area (Å²) in [5.74, 6) is 0.0318. The topological polar surface area (TPSA) is 70.5 Å². The predicted molar refractivity (Wildman–Crippen MR) is 70.7 cm³/mol. The quantitative estimate of drug-likeness (QED) is 0.754. The molecule has 0 amide bonds. The van der Waals surface area contributed by atoms with Crippen LogP contribution in [0.25, 0.3) is 0 Å². The minimum Gasteiger partial charge on any atom is -0.395 e. The fourth-order valence-electron chi connectivity index (χ4n) is 1.66. The van der Waals surface area contributed by atoms with Gasteiger partial charge in [-0.2, -0.15) is 4.31 Å². The fraction of sp³-hybridized carbons (Fsp3) is 0.583. The average molecular weight is 272 g/mol. The van der Waals surface area contributed by atoms with Crippen molar-refractivity contribution in [3.8, 4) is 0 Å². The van der Waals surface area contributed by atoms with Crippen LogP contribution in [0.4, 0.5) is 0 Å². The van der Waals surface area contributed by atoms with Crippen molar-refractivity contribution in [3.63, 3.8) is 0 Å². The number of sulfonamides is 1. The first-order valence-corrected chi connectivity index (χ1v) is 7.69. The van der Waals surface area contributed by atoms with Crippen molar-refractivity contribution < 1.29 is 13.5 Å². The van der Waals surface area contributed by atoms with Crippen LogP contribution >= 0.6 is 0 Å². The third-order valence-electron chi connectivity index (χ3n) is 2.56. The van der Waals surface area contributed by atoms with Crippen molar-refractivity contribution >= 4 is 10.0 Å². The molecule has 1 aromatic heterocycles. The first-order valence-electron chi connectivity index (χ1n) is 6.08. The standard InChI is InChI=1S/C12H20N2O3S/c1-2-8-14(9-10-15)18(16,17)11-6-12-5-3-4-7-13-12/h3-5,7,15H,2,6,8-11H2,1H3. The lowest BCUT2D eigenvalue weighted by molar-refractivity contribution is 0.253. The number of aryl methyl sites for hydroxylation is 1. The van der Waals surface area contributed by atoms with Crippen LogP contribution in [0.2, 0.25) is 0 Å². The van der Waals surface area contributed by atoms with Gasteiger partial charge in [-0.05, 0) is 18.6 Å². The van der Waals surface area contributed by atoms with Gasteiger partial charge in [-0.15, -0.1) is 0 Å². The van der Waals surface area contributed by atoms with Gasteiger partial charge >= 0.3 is 0 Å². The van der Waals surface area contributed by atoms with E-state index >= 15 is 0 Å². The van der Waals surface area contributed by atoms with Crippen molar-refractivity contribution in [2.75, 3.05) is 25.4 Å². The molecule has 0 unspecified atom stereocenters. The van der Waals surface area contributed by atoms with E-state index in [-0.39, 0.29) is 18.9 Å². The van der Waals surface area contributed by atoms with Crippen molar-refractivity contribution in [2.24, 2.45) is 0 Å². The van der Waals surface area contributed by atoms with Gasteiger partial charge in [-0.25, -0.2) is 8.42 Å². The molecule has 0 radical (unpaired) electrons. The second kappa shape index (κ2) is 7.45. The summed E-state index contributed by atoms with van der Waals surface area (Å²) in [6.45, 7) is 2.38. The van der Waals surface area contributed by atoms with Crippen LogP contribution in [0.1, 0.15) is 19.0 Å². The van der Waals surface area contributed by atoms with Crippen molar-refractivity contribution in [1.82, 2.24) is 9.29 Å². The van der Waals surface area contributed by atoms with Gasteiger partial charge in [-0.1, -0.05) is 13.0 Å². The molecule has 18 heavy (non-hydrogen) atoms. The maximum absolute atomic E-state index is 12.1. The van der Waals surface area contributed by atoms with E-state index in [9.17, 15) is 8.42 Å². The SMILES string of the molecule is CCCN(CCO)S(=O)(=O)CCc1ccccn1. The normalized spacial score (nSPS) is 11.9.